The molecule has 1 aromatic rings. The van der Waals surface area contributed by atoms with Gasteiger partial charge in [0.15, 0.2) is 11.6 Å². The predicted octanol–water partition coefficient (Wildman–Crippen LogP) is 2.71. The quantitative estimate of drug-likeness (QED) is 0.897. The molecule has 118 valence electrons. The molecule has 21 heavy (non-hydrogen) atoms. The average molecular weight is 319 g/mol. The highest BCUT2D eigenvalue weighted by Crippen LogP contribution is 2.25. The molecule has 1 fully saturated rings. The Morgan fingerprint density at radius 2 is 1.86 bits per heavy atom. The van der Waals surface area contributed by atoms with Crippen molar-refractivity contribution < 1.29 is 13.6 Å². The zero-order valence-corrected chi connectivity index (χ0v) is 12.6. The van der Waals surface area contributed by atoms with Crippen LogP contribution in [0.5, 0.6) is 0 Å². The fourth-order valence-corrected chi connectivity index (χ4v) is 2.60. The predicted molar refractivity (Wildman–Crippen MR) is 80.3 cm³/mol. The standard InChI is InChI=1S/C15H20F2N2O.ClH/c16-12-5-4-11(8-13(12)17)9-14(20)19-10-15(18)6-2-1-3-7-15;/h4-5,8H,1-3,6-7,9-10,18H2,(H,19,20);1H. The van der Waals surface area contributed by atoms with Crippen LogP contribution in [0, 0.1) is 11.6 Å². The number of benzene rings is 1. The largest absolute Gasteiger partial charge is 0.354 e. The van der Waals surface area contributed by atoms with Gasteiger partial charge in [-0.2, -0.15) is 0 Å². The smallest absolute Gasteiger partial charge is 0.224 e. The van der Waals surface area contributed by atoms with Crippen molar-refractivity contribution in [3.63, 3.8) is 0 Å². The van der Waals surface area contributed by atoms with Gasteiger partial charge in [-0.25, -0.2) is 8.78 Å². The van der Waals surface area contributed by atoms with Gasteiger partial charge in [0.1, 0.15) is 0 Å². The van der Waals surface area contributed by atoms with Crippen LogP contribution in [0.4, 0.5) is 8.78 Å². The van der Waals surface area contributed by atoms with E-state index in [4.69, 9.17) is 5.73 Å². The highest BCUT2D eigenvalue weighted by Gasteiger charge is 2.27. The first kappa shape index (κ1) is 17.9. The topological polar surface area (TPSA) is 55.1 Å². The summed E-state index contributed by atoms with van der Waals surface area (Å²) in [7, 11) is 0. The minimum absolute atomic E-state index is 0. The number of nitrogens with one attached hydrogen (secondary N) is 1. The van der Waals surface area contributed by atoms with Crippen molar-refractivity contribution in [1.82, 2.24) is 5.32 Å². The molecule has 0 aliphatic heterocycles. The Balaban J connectivity index is 0.00000220. The molecule has 3 nitrogen and oxygen atoms in total. The number of carbonyl (C=O) groups is 1. The highest BCUT2D eigenvalue weighted by atomic mass is 35.5. The van der Waals surface area contributed by atoms with Gasteiger partial charge < -0.3 is 11.1 Å². The average Bonchev–Trinajstić information content (AvgIpc) is 2.42. The van der Waals surface area contributed by atoms with Crippen LogP contribution in [-0.2, 0) is 11.2 Å². The van der Waals surface area contributed by atoms with Crippen molar-refractivity contribution >= 4 is 18.3 Å². The van der Waals surface area contributed by atoms with Gasteiger partial charge in [0.05, 0.1) is 6.42 Å². The van der Waals surface area contributed by atoms with E-state index < -0.39 is 11.6 Å². The molecular formula is C15H21ClF2N2O. The third-order valence-electron chi connectivity index (χ3n) is 3.84. The maximum Gasteiger partial charge on any atom is 0.224 e. The van der Waals surface area contributed by atoms with E-state index in [1.807, 2.05) is 0 Å². The molecule has 0 aromatic heterocycles. The summed E-state index contributed by atoms with van der Waals surface area (Å²) in [5.74, 6) is -2.05. The summed E-state index contributed by atoms with van der Waals surface area (Å²) >= 11 is 0. The van der Waals surface area contributed by atoms with E-state index in [2.05, 4.69) is 5.32 Å². The van der Waals surface area contributed by atoms with E-state index in [0.29, 0.717) is 12.1 Å². The molecule has 1 aromatic carbocycles. The van der Waals surface area contributed by atoms with Gasteiger partial charge in [0, 0.05) is 12.1 Å². The van der Waals surface area contributed by atoms with Gasteiger partial charge in [0.2, 0.25) is 5.91 Å². The summed E-state index contributed by atoms with van der Waals surface area (Å²) in [5.41, 5.74) is 6.36. The van der Waals surface area contributed by atoms with E-state index in [0.717, 1.165) is 37.8 Å². The summed E-state index contributed by atoms with van der Waals surface area (Å²) in [6, 6.07) is 3.49. The lowest BCUT2D eigenvalue weighted by molar-refractivity contribution is -0.120. The molecule has 3 N–H and O–H groups in total. The number of hydrogen-bond acceptors (Lipinski definition) is 2. The van der Waals surface area contributed by atoms with E-state index in [1.54, 1.807) is 0 Å². The summed E-state index contributed by atoms with van der Waals surface area (Å²) in [4.78, 5) is 11.8. The zero-order chi connectivity index (χ0) is 14.6. The third-order valence-corrected chi connectivity index (χ3v) is 3.84. The van der Waals surface area contributed by atoms with Crippen molar-refractivity contribution in [3.05, 3.63) is 35.4 Å². The van der Waals surface area contributed by atoms with Crippen molar-refractivity contribution in [2.24, 2.45) is 5.73 Å². The molecule has 0 saturated heterocycles. The molecule has 1 aliphatic rings. The summed E-state index contributed by atoms with van der Waals surface area (Å²) in [6.45, 7) is 0.440. The van der Waals surface area contributed by atoms with Gasteiger partial charge in [0.25, 0.3) is 0 Å². The maximum absolute atomic E-state index is 13.0. The SMILES string of the molecule is Cl.NC1(CNC(=O)Cc2ccc(F)c(F)c2)CCCCC1. The van der Waals surface area contributed by atoms with Crippen LogP contribution in [0.25, 0.3) is 0 Å². The van der Waals surface area contributed by atoms with Crippen molar-refractivity contribution in [2.75, 3.05) is 6.54 Å². The Morgan fingerprint density at radius 3 is 2.48 bits per heavy atom. The second-order valence-electron chi connectivity index (χ2n) is 5.63. The molecule has 0 bridgehead atoms. The molecule has 0 heterocycles. The summed E-state index contributed by atoms with van der Waals surface area (Å²) in [5, 5.41) is 2.80. The van der Waals surface area contributed by atoms with Crippen molar-refractivity contribution in [1.29, 1.82) is 0 Å². The molecule has 0 unspecified atom stereocenters. The lowest BCUT2D eigenvalue weighted by Gasteiger charge is -2.33. The van der Waals surface area contributed by atoms with Crippen molar-refractivity contribution in [2.45, 2.75) is 44.1 Å². The van der Waals surface area contributed by atoms with Gasteiger partial charge in [-0.3, -0.25) is 4.79 Å². The number of amides is 1. The molecular weight excluding hydrogens is 298 g/mol. The first-order valence-corrected chi connectivity index (χ1v) is 6.98. The Morgan fingerprint density at radius 1 is 1.19 bits per heavy atom. The van der Waals surface area contributed by atoms with E-state index in [-0.39, 0.29) is 30.3 Å². The van der Waals surface area contributed by atoms with E-state index in [1.165, 1.54) is 12.5 Å². The third kappa shape index (κ3) is 5.25. The van der Waals surface area contributed by atoms with Gasteiger partial charge >= 0.3 is 0 Å². The van der Waals surface area contributed by atoms with Crippen LogP contribution in [0.2, 0.25) is 0 Å². The molecule has 2 rings (SSSR count). The Labute approximate surface area is 129 Å². The molecule has 0 radical (unpaired) electrons. The van der Waals surface area contributed by atoms with E-state index in [9.17, 15) is 13.6 Å². The molecule has 0 atom stereocenters. The van der Waals surface area contributed by atoms with E-state index >= 15 is 0 Å². The lowest BCUT2D eigenvalue weighted by atomic mass is 9.82. The second kappa shape index (κ2) is 7.71. The van der Waals surface area contributed by atoms with Gasteiger partial charge in [-0.05, 0) is 30.5 Å². The van der Waals surface area contributed by atoms with Gasteiger partial charge in [-0.15, -0.1) is 12.4 Å². The Kier molecular flexibility index (Phi) is 6.55. The number of halogens is 3. The number of rotatable bonds is 4. The highest BCUT2D eigenvalue weighted by molar-refractivity contribution is 5.85. The van der Waals surface area contributed by atoms with Crippen LogP contribution < -0.4 is 11.1 Å². The molecule has 6 heteroatoms. The minimum atomic E-state index is -0.933. The van der Waals surface area contributed by atoms with Crippen LogP contribution in [0.15, 0.2) is 18.2 Å². The van der Waals surface area contributed by atoms with Crippen LogP contribution >= 0.6 is 12.4 Å². The van der Waals surface area contributed by atoms with Crippen molar-refractivity contribution in [3.8, 4) is 0 Å². The molecule has 0 spiro atoms. The molecule has 1 saturated carbocycles. The molecule has 1 amide bonds. The summed E-state index contributed by atoms with van der Waals surface area (Å²) in [6.07, 6.45) is 5.25. The number of hydrogen-bond donors (Lipinski definition) is 2. The minimum Gasteiger partial charge on any atom is -0.354 e. The second-order valence-corrected chi connectivity index (χ2v) is 5.63. The number of nitrogens with two attached hydrogens (primary N) is 1. The summed E-state index contributed by atoms with van der Waals surface area (Å²) < 4.78 is 25.8. The van der Waals surface area contributed by atoms with Crippen LogP contribution in [0.1, 0.15) is 37.7 Å². The first-order valence-electron chi connectivity index (χ1n) is 6.98. The Bertz CT molecular complexity index is 491. The maximum atomic E-state index is 13.0. The Hall–Kier alpha value is -1.20. The lowest BCUT2D eigenvalue weighted by Crippen LogP contribution is -2.51. The first-order chi connectivity index (χ1) is 9.48. The number of carbonyl (C=O) groups excluding carboxylic acids is 1. The monoisotopic (exact) mass is 318 g/mol. The zero-order valence-electron chi connectivity index (χ0n) is 11.8. The van der Waals surface area contributed by atoms with Crippen LogP contribution in [-0.4, -0.2) is 18.0 Å². The normalized spacial score (nSPS) is 16.9. The van der Waals surface area contributed by atoms with Gasteiger partial charge in [-0.1, -0.05) is 25.3 Å². The fraction of sp³-hybridized carbons (Fsp3) is 0.533. The fourth-order valence-electron chi connectivity index (χ4n) is 2.60. The van der Waals surface area contributed by atoms with Crippen LogP contribution in [0.3, 0.4) is 0 Å². The molecule has 1 aliphatic carbocycles.